The zero-order valence-electron chi connectivity index (χ0n) is 12.1. The third kappa shape index (κ3) is 3.31. The molecular weight excluding hydrogens is 324 g/mol. The van der Waals surface area contributed by atoms with Crippen LogP contribution in [0.2, 0.25) is 5.02 Å². The van der Waals surface area contributed by atoms with Gasteiger partial charge in [-0.25, -0.2) is 17.8 Å². The summed E-state index contributed by atoms with van der Waals surface area (Å²) in [6, 6.07) is 7.48. The molecule has 0 unspecified atom stereocenters. The minimum Gasteiger partial charge on any atom is -0.245 e. The van der Waals surface area contributed by atoms with Gasteiger partial charge < -0.3 is 0 Å². The Morgan fingerprint density at radius 1 is 1.41 bits per heavy atom. The van der Waals surface area contributed by atoms with Crippen LogP contribution < -0.4 is 4.72 Å². The molecule has 1 fully saturated rings. The zero-order chi connectivity index (χ0) is 15.7. The van der Waals surface area contributed by atoms with Crippen LogP contribution in [0.4, 0.5) is 0 Å². The topological polar surface area (TPSA) is 76.9 Å². The predicted octanol–water partition coefficient (Wildman–Crippen LogP) is 2.12. The van der Waals surface area contributed by atoms with Gasteiger partial charge in [0.25, 0.3) is 0 Å². The summed E-state index contributed by atoms with van der Waals surface area (Å²) in [4.78, 5) is 0. The monoisotopic (exact) mass is 340 g/mol. The third-order valence-electron chi connectivity index (χ3n) is 3.73. The van der Waals surface area contributed by atoms with E-state index in [0.29, 0.717) is 10.7 Å². The van der Waals surface area contributed by atoms with Crippen LogP contribution in [0.3, 0.4) is 0 Å². The Labute approximate surface area is 134 Å². The van der Waals surface area contributed by atoms with Gasteiger partial charge in [0.05, 0.1) is 29.7 Å². The van der Waals surface area contributed by atoms with Crippen LogP contribution in [0.5, 0.6) is 0 Å². The van der Waals surface area contributed by atoms with Gasteiger partial charge in [-0.15, -0.1) is 5.10 Å². The van der Waals surface area contributed by atoms with Gasteiger partial charge in [0.2, 0.25) is 10.0 Å². The van der Waals surface area contributed by atoms with Gasteiger partial charge in [0.15, 0.2) is 0 Å². The standard InChI is InChI=1S/C14H17ClN4O2S/c1-10(13-4-2-3-5-14(13)15)19-9-11(17-18-19)8-16-22(20,21)12-6-7-12/h2-5,9-10,12,16H,6-8H2,1H3/t10-/m1/s1. The molecular formula is C14H17ClN4O2S. The summed E-state index contributed by atoms with van der Waals surface area (Å²) in [6.07, 6.45) is 3.22. The van der Waals surface area contributed by atoms with Gasteiger partial charge in [0.1, 0.15) is 0 Å². The van der Waals surface area contributed by atoms with E-state index in [0.717, 1.165) is 18.4 Å². The molecule has 1 aliphatic rings. The predicted molar refractivity (Wildman–Crippen MR) is 84.1 cm³/mol. The van der Waals surface area contributed by atoms with Gasteiger partial charge in [-0.05, 0) is 31.4 Å². The molecule has 8 heteroatoms. The minimum absolute atomic E-state index is 0.0741. The quantitative estimate of drug-likeness (QED) is 0.873. The fraction of sp³-hybridized carbons (Fsp3) is 0.429. The van der Waals surface area contributed by atoms with Crippen LogP contribution in [-0.4, -0.2) is 28.7 Å². The fourth-order valence-electron chi connectivity index (χ4n) is 2.21. The van der Waals surface area contributed by atoms with E-state index in [1.165, 1.54) is 0 Å². The Kier molecular flexibility index (Phi) is 4.20. The van der Waals surface area contributed by atoms with Crippen molar-refractivity contribution in [2.75, 3.05) is 0 Å². The lowest BCUT2D eigenvalue weighted by molar-refractivity contribution is 0.543. The van der Waals surface area contributed by atoms with E-state index in [1.807, 2.05) is 31.2 Å². The largest absolute Gasteiger partial charge is 0.245 e. The molecule has 6 nitrogen and oxygen atoms in total. The Balaban J connectivity index is 1.69. The lowest BCUT2D eigenvalue weighted by Crippen LogP contribution is -2.26. The molecule has 2 aromatic rings. The molecule has 3 rings (SSSR count). The second-order valence-electron chi connectivity index (χ2n) is 5.45. The Morgan fingerprint density at radius 2 is 2.14 bits per heavy atom. The number of rotatable bonds is 6. The van der Waals surface area contributed by atoms with Gasteiger partial charge in [0, 0.05) is 5.02 Å². The van der Waals surface area contributed by atoms with Gasteiger partial charge in [-0.1, -0.05) is 35.0 Å². The smallest absolute Gasteiger partial charge is 0.214 e. The van der Waals surface area contributed by atoms with Crippen molar-refractivity contribution in [3.05, 3.63) is 46.7 Å². The van der Waals surface area contributed by atoms with E-state index in [9.17, 15) is 8.42 Å². The highest BCUT2D eigenvalue weighted by Gasteiger charge is 2.35. The van der Waals surface area contributed by atoms with Crippen molar-refractivity contribution >= 4 is 21.6 Å². The van der Waals surface area contributed by atoms with Gasteiger partial charge >= 0.3 is 0 Å². The molecule has 1 atom stereocenters. The van der Waals surface area contributed by atoms with Crippen molar-refractivity contribution in [1.82, 2.24) is 19.7 Å². The normalized spacial score (nSPS) is 16.6. The molecule has 1 aromatic carbocycles. The molecule has 1 N–H and O–H groups in total. The van der Waals surface area contributed by atoms with Crippen molar-refractivity contribution in [2.45, 2.75) is 37.6 Å². The molecule has 0 aliphatic heterocycles. The summed E-state index contributed by atoms with van der Waals surface area (Å²) in [6.45, 7) is 2.13. The first-order valence-corrected chi connectivity index (χ1v) is 9.03. The first-order chi connectivity index (χ1) is 10.5. The molecule has 1 aromatic heterocycles. The summed E-state index contributed by atoms with van der Waals surface area (Å²) >= 11 is 6.19. The number of benzene rings is 1. The SMILES string of the molecule is C[C@H](c1ccccc1Cl)n1cc(CNS(=O)(=O)C2CC2)nn1. The number of hydrogen-bond donors (Lipinski definition) is 1. The van der Waals surface area contributed by atoms with Crippen LogP contribution in [-0.2, 0) is 16.6 Å². The highest BCUT2D eigenvalue weighted by atomic mass is 35.5. The van der Waals surface area contributed by atoms with Crippen molar-refractivity contribution < 1.29 is 8.42 Å². The van der Waals surface area contributed by atoms with Crippen LogP contribution >= 0.6 is 11.6 Å². The fourth-order valence-corrected chi connectivity index (χ4v) is 3.85. The van der Waals surface area contributed by atoms with Gasteiger partial charge in [-0.2, -0.15) is 0 Å². The number of hydrogen-bond acceptors (Lipinski definition) is 4. The van der Waals surface area contributed by atoms with Crippen LogP contribution in [0.15, 0.2) is 30.5 Å². The number of halogens is 1. The maximum atomic E-state index is 11.8. The van der Waals surface area contributed by atoms with E-state index < -0.39 is 10.0 Å². The Hall–Kier alpha value is -1.44. The molecule has 0 radical (unpaired) electrons. The molecule has 0 amide bonds. The lowest BCUT2D eigenvalue weighted by atomic mass is 10.1. The molecule has 0 spiro atoms. The van der Waals surface area contributed by atoms with Crippen molar-refractivity contribution in [2.24, 2.45) is 0 Å². The first-order valence-electron chi connectivity index (χ1n) is 7.11. The average Bonchev–Trinajstić information content (AvgIpc) is 3.25. The number of nitrogens with one attached hydrogen (secondary N) is 1. The van der Waals surface area contributed by atoms with E-state index in [2.05, 4.69) is 15.0 Å². The maximum Gasteiger partial charge on any atom is 0.214 e. The molecule has 1 heterocycles. The summed E-state index contributed by atoms with van der Waals surface area (Å²) in [5, 5.41) is 8.52. The van der Waals surface area contributed by atoms with E-state index in [-0.39, 0.29) is 17.8 Å². The van der Waals surface area contributed by atoms with Crippen LogP contribution in [0.25, 0.3) is 0 Å². The van der Waals surface area contributed by atoms with Crippen LogP contribution in [0, 0.1) is 0 Å². The van der Waals surface area contributed by atoms with Crippen molar-refractivity contribution in [3.63, 3.8) is 0 Å². The maximum absolute atomic E-state index is 11.8. The molecule has 0 bridgehead atoms. The average molecular weight is 341 g/mol. The lowest BCUT2D eigenvalue weighted by Gasteiger charge is -2.13. The van der Waals surface area contributed by atoms with Crippen molar-refractivity contribution in [1.29, 1.82) is 0 Å². The Bertz CT molecular complexity index is 771. The van der Waals surface area contributed by atoms with Gasteiger partial charge in [-0.3, -0.25) is 0 Å². The number of nitrogens with zero attached hydrogens (tertiary/aromatic N) is 3. The second-order valence-corrected chi connectivity index (χ2v) is 7.91. The van der Waals surface area contributed by atoms with Crippen LogP contribution in [0.1, 0.15) is 37.1 Å². The summed E-state index contributed by atoms with van der Waals surface area (Å²) < 4.78 is 27.8. The molecule has 118 valence electrons. The summed E-state index contributed by atoms with van der Waals surface area (Å²) in [7, 11) is -3.20. The highest BCUT2D eigenvalue weighted by molar-refractivity contribution is 7.90. The number of sulfonamides is 1. The number of aromatic nitrogens is 3. The molecule has 1 saturated carbocycles. The zero-order valence-corrected chi connectivity index (χ0v) is 13.7. The van der Waals surface area contributed by atoms with Crippen molar-refractivity contribution in [3.8, 4) is 0 Å². The summed E-state index contributed by atoms with van der Waals surface area (Å²) in [5.74, 6) is 0. The van der Waals surface area contributed by atoms with E-state index >= 15 is 0 Å². The Morgan fingerprint density at radius 3 is 2.82 bits per heavy atom. The summed E-state index contributed by atoms with van der Waals surface area (Å²) in [5.41, 5.74) is 1.53. The molecule has 22 heavy (non-hydrogen) atoms. The second kappa shape index (κ2) is 5.98. The van der Waals surface area contributed by atoms with E-state index in [1.54, 1.807) is 10.9 Å². The third-order valence-corrected chi connectivity index (χ3v) is 5.97. The minimum atomic E-state index is -3.20. The van der Waals surface area contributed by atoms with E-state index in [4.69, 9.17) is 11.6 Å². The first kappa shape index (κ1) is 15.5. The highest BCUT2D eigenvalue weighted by Crippen LogP contribution is 2.27. The molecule has 1 aliphatic carbocycles. The molecule has 0 saturated heterocycles.